The predicted molar refractivity (Wildman–Crippen MR) is 81.6 cm³/mol. The molecule has 2 aromatic rings. The van der Waals surface area contributed by atoms with E-state index < -0.39 is 0 Å². The van der Waals surface area contributed by atoms with Crippen LogP contribution in [0.3, 0.4) is 0 Å². The minimum atomic E-state index is 0.583. The van der Waals surface area contributed by atoms with Crippen LogP contribution >= 0.6 is 23.1 Å². The van der Waals surface area contributed by atoms with E-state index in [1.165, 1.54) is 21.2 Å². The topological polar surface area (TPSA) is 12.9 Å². The summed E-state index contributed by atoms with van der Waals surface area (Å²) in [6.07, 6.45) is 1.16. The molecule has 1 atom stereocenters. The SMILES string of the molecule is CCC(C)c1csc(CSc2ccc(C)cc2)n1. The first-order valence-electron chi connectivity index (χ1n) is 6.32. The highest BCUT2D eigenvalue weighted by Gasteiger charge is 2.08. The van der Waals surface area contributed by atoms with E-state index in [2.05, 4.69) is 50.4 Å². The molecular weight excluding hydrogens is 258 g/mol. The maximum absolute atomic E-state index is 4.71. The molecule has 2 rings (SSSR count). The summed E-state index contributed by atoms with van der Waals surface area (Å²) in [5.74, 6) is 1.56. The summed E-state index contributed by atoms with van der Waals surface area (Å²) in [6.45, 7) is 6.57. The smallest absolute Gasteiger partial charge is 0.103 e. The van der Waals surface area contributed by atoms with Crippen molar-refractivity contribution < 1.29 is 0 Å². The molecule has 18 heavy (non-hydrogen) atoms. The molecule has 0 spiro atoms. The van der Waals surface area contributed by atoms with Gasteiger partial charge in [-0.3, -0.25) is 0 Å². The van der Waals surface area contributed by atoms with Crippen LogP contribution in [0.15, 0.2) is 34.5 Å². The Bertz CT molecular complexity index is 487. The molecule has 0 bridgehead atoms. The molecule has 0 aliphatic rings. The summed E-state index contributed by atoms with van der Waals surface area (Å²) in [4.78, 5) is 6.03. The van der Waals surface area contributed by atoms with Crippen molar-refractivity contribution in [2.75, 3.05) is 0 Å². The van der Waals surface area contributed by atoms with Crippen LogP contribution in [-0.4, -0.2) is 4.98 Å². The summed E-state index contributed by atoms with van der Waals surface area (Å²) in [7, 11) is 0. The van der Waals surface area contributed by atoms with Crippen LogP contribution in [0.2, 0.25) is 0 Å². The van der Waals surface area contributed by atoms with Crippen LogP contribution in [-0.2, 0) is 5.75 Å². The van der Waals surface area contributed by atoms with Gasteiger partial charge in [0.25, 0.3) is 0 Å². The van der Waals surface area contributed by atoms with Crippen molar-refractivity contribution in [3.05, 3.63) is 45.9 Å². The monoisotopic (exact) mass is 277 g/mol. The van der Waals surface area contributed by atoms with Gasteiger partial charge in [0.05, 0.1) is 11.4 Å². The first-order chi connectivity index (χ1) is 8.69. The number of hydrogen-bond acceptors (Lipinski definition) is 3. The van der Waals surface area contributed by atoms with Crippen molar-refractivity contribution in [3.63, 3.8) is 0 Å². The highest BCUT2D eigenvalue weighted by atomic mass is 32.2. The van der Waals surface area contributed by atoms with Gasteiger partial charge < -0.3 is 0 Å². The van der Waals surface area contributed by atoms with Crippen LogP contribution < -0.4 is 0 Å². The van der Waals surface area contributed by atoms with Gasteiger partial charge in [-0.25, -0.2) is 4.98 Å². The molecule has 1 heterocycles. The molecule has 0 radical (unpaired) electrons. The molecule has 1 aromatic carbocycles. The molecule has 3 heteroatoms. The Morgan fingerprint density at radius 1 is 1.28 bits per heavy atom. The van der Waals surface area contributed by atoms with Crippen molar-refractivity contribution in [2.24, 2.45) is 0 Å². The van der Waals surface area contributed by atoms with Gasteiger partial charge in [0.1, 0.15) is 5.01 Å². The van der Waals surface area contributed by atoms with Gasteiger partial charge in [0.15, 0.2) is 0 Å². The molecule has 0 aliphatic carbocycles. The second kappa shape index (κ2) is 6.39. The molecule has 1 nitrogen and oxygen atoms in total. The fourth-order valence-electron chi connectivity index (χ4n) is 1.61. The summed E-state index contributed by atoms with van der Waals surface area (Å²) < 4.78 is 0. The molecule has 0 saturated carbocycles. The number of benzene rings is 1. The van der Waals surface area contributed by atoms with Crippen LogP contribution in [0, 0.1) is 6.92 Å². The Morgan fingerprint density at radius 2 is 2.00 bits per heavy atom. The molecule has 0 amide bonds. The predicted octanol–water partition coefficient (Wildman–Crippen LogP) is 5.26. The number of rotatable bonds is 5. The maximum Gasteiger partial charge on any atom is 0.103 e. The number of aromatic nitrogens is 1. The average molecular weight is 277 g/mol. The van der Waals surface area contributed by atoms with Crippen LogP contribution in [0.1, 0.15) is 42.5 Å². The van der Waals surface area contributed by atoms with Gasteiger partial charge in [-0.05, 0) is 31.4 Å². The lowest BCUT2D eigenvalue weighted by Gasteiger charge is -2.03. The normalized spacial score (nSPS) is 12.6. The molecule has 1 aromatic heterocycles. The summed E-state index contributed by atoms with van der Waals surface area (Å²) in [5.41, 5.74) is 2.56. The first-order valence-corrected chi connectivity index (χ1v) is 8.19. The van der Waals surface area contributed by atoms with E-state index in [1.807, 2.05) is 11.8 Å². The van der Waals surface area contributed by atoms with Gasteiger partial charge in [0, 0.05) is 10.3 Å². The third-order valence-electron chi connectivity index (χ3n) is 3.07. The molecule has 0 fully saturated rings. The Labute approximate surface area is 118 Å². The van der Waals surface area contributed by atoms with E-state index >= 15 is 0 Å². The zero-order valence-corrected chi connectivity index (χ0v) is 12.8. The number of thiazole rings is 1. The lowest BCUT2D eigenvalue weighted by atomic mass is 10.1. The van der Waals surface area contributed by atoms with Crippen LogP contribution in [0.4, 0.5) is 0 Å². The Morgan fingerprint density at radius 3 is 2.67 bits per heavy atom. The first kappa shape index (κ1) is 13.6. The second-order valence-corrected chi connectivity index (χ2v) is 6.57. The van der Waals surface area contributed by atoms with Gasteiger partial charge in [-0.2, -0.15) is 0 Å². The molecule has 96 valence electrons. The summed E-state index contributed by atoms with van der Waals surface area (Å²) in [5, 5.41) is 3.44. The van der Waals surface area contributed by atoms with E-state index in [-0.39, 0.29) is 0 Å². The zero-order chi connectivity index (χ0) is 13.0. The Hall–Kier alpha value is -0.800. The number of aryl methyl sites for hydroxylation is 1. The average Bonchev–Trinajstić information content (AvgIpc) is 2.86. The standard InChI is InChI=1S/C15H19NS2/c1-4-12(3)14-9-18-15(16-14)10-17-13-7-5-11(2)6-8-13/h5-9,12H,4,10H2,1-3H3. The Kier molecular flexibility index (Phi) is 4.84. The molecule has 0 aliphatic heterocycles. The van der Waals surface area contributed by atoms with E-state index in [9.17, 15) is 0 Å². The largest absolute Gasteiger partial charge is 0.245 e. The van der Waals surface area contributed by atoms with Gasteiger partial charge in [0.2, 0.25) is 0 Å². The maximum atomic E-state index is 4.71. The van der Waals surface area contributed by atoms with Gasteiger partial charge in [-0.1, -0.05) is 31.5 Å². The van der Waals surface area contributed by atoms with E-state index in [0.29, 0.717) is 5.92 Å². The van der Waals surface area contributed by atoms with E-state index in [0.717, 1.165) is 12.2 Å². The van der Waals surface area contributed by atoms with Crippen molar-refractivity contribution in [1.29, 1.82) is 0 Å². The molecule has 1 unspecified atom stereocenters. The van der Waals surface area contributed by atoms with Gasteiger partial charge in [-0.15, -0.1) is 23.1 Å². The van der Waals surface area contributed by atoms with E-state index in [4.69, 9.17) is 4.98 Å². The minimum Gasteiger partial charge on any atom is -0.245 e. The Balaban J connectivity index is 1.94. The lowest BCUT2D eigenvalue weighted by Crippen LogP contribution is -1.91. The third kappa shape index (κ3) is 3.59. The fraction of sp³-hybridized carbons (Fsp3) is 0.400. The molecule has 0 N–H and O–H groups in total. The highest BCUT2D eigenvalue weighted by Crippen LogP contribution is 2.27. The number of nitrogens with zero attached hydrogens (tertiary/aromatic N) is 1. The van der Waals surface area contributed by atoms with Crippen molar-refractivity contribution in [3.8, 4) is 0 Å². The number of thioether (sulfide) groups is 1. The highest BCUT2D eigenvalue weighted by molar-refractivity contribution is 7.98. The summed E-state index contributed by atoms with van der Waals surface area (Å²) in [6, 6.07) is 8.69. The zero-order valence-electron chi connectivity index (χ0n) is 11.1. The van der Waals surface area contributed by atoms with Crippen LogP contribution in [0.25, 0.3) is 0 Å². The number of hydrogen-bond donors (Lipinski definition) is 0. The van der Waals surface area contributed by atoms with Crippen molar-refractivity contribution >= 4 is 23.1 Å². The van der Waals surface area contributed by atoms with Crippen molar-refractivity contribution in [2.45, 2.75) is 43.8 Å². The molecular formula is C15H19NS2. The molecule has 0 saturated heterocycles. The van der Waals surface area contributed by atoms with Gasteiger partial charge >= 0.3 is 0 Å². The minimum absolute atomic E-state index is 0.583. The lowest BCUT2D eigenvalue weighted by molar-refractivity contribution is 0.711. The fourth-order valence-corrected chi connectivity index (χ4v) is 3.44. The third-order valence-corrected chi connectivity index (χ3v) is 5.14. The quantitative estimate of drug-likeness (QED) is 0.692. The van der Waals surface area contributed by atoms with Crippen molar-refractivity contribution in [1.82, 2.24) is 4.98 Å². The second-order valence-electron chi connectivity index (χ2n) is 4.58. The van der Waals surface area contributed by atoms with E-state index in [1.54, 1.807) is 11.3 Å². The summed E-state index contributed by atoms with van der Waals surface area (Å²) >= 11 is 3.65. The van der Waals surface area contributed by atoms with Crippen LogP contribution in [0.5, 0.6) is 0 Å².